The van der Waals surface area contributed by atoms with Crippen molar-refractivity contribution < 1.29 is 29.0 Å². The van der Waals surface area contributed by atoms with Crippen molar-refractivity contribution in [1.82, 2.24) is 0 Å². The van der Waals surface area contributed by atoms with Gasteiger partial charge < -0.3 is 14.6 Å². The maximum absolute atomic E-state index is 13.5. The number of rotatable bonds is 6. The molecule has 1 amide bonds. The number of Topliss-reactive ketones (excluding diaryl/α,β-unsaturated/α-hetero) is 1. The Morgan fingerprint density at radius 3 is 2.31 bits per heavy atom. The number of amides is 1. The topological polar surface area (TPSA) is 93.1 Å². The largest absolute Gasteiger partial charge is 0.507 e. The predicted octanol–water partition coefficient (Wildman–Crippen LogP) is 6.45. The molecule has 1 aliphatic heterocycles. The van der Waals surface area contributed by atoms with Crippen molar-refractivity contribution in [3.8, 4) is 5.75 Å². The Morgan fingerprint density at radius 2 is 1.69 bits per heavy atom. The summed E-state index contributed by atoms with van der Waals surface area (Å²) in [6, 6.07) is 17.5. The molecule has 0 spiro atoms. The average Bonchev–Trinajstić information content (AvgIpc) is 3.18. The Morgan fingerprint density at radius 1 is 1.00 bits per heavy atom. The van der Waals surface area contributed by atoms with Crippen LogP contribution in [0.25, 0.3) is 5.76 Å². The lowest BCUT2D eigenvalue weighted by atomic mass is 9.85. The Kier molecular flexibility index (Phi) is 7.84. The molecule has 3 aromatic rings. The molecule has 202 valence electrons. The van der Waals surface area contributed by atoms with Crippen molar-refractivity contribution in [2.45, 2.75) is 39.2 Å². The molecule has 1 atom stereocenters. The molecule has 3 aromatic carbocycles. The highest BCUT2D eigenvalue weighted by atomic mass is 35.5. The third-order valence-corrected chi connectivity index (χ3v) is 6.90. The van der Waals surface area contributed by atoms with Gasteiger partial charge in [-0.05, 0) is 59.9 Å². The van der Waals surface area contributed by atoms with Crippen molar-refractivity contribution in [3.63, 3.8) is 0 Å². The first-order chi connectivity index (χ1) is 18.5. The zero-order valence-electron chi connectivity index (χ0n) is 22.4. The number of benzene rings is 3. The molecule has 1 unspecified atom stereocenters. The second-order valence-electron chi connectivity index (χ2n) is 10.2. The van der Waals surface area contributed by atoms with E-state index in [9.17, 15) is 19.5 Å². The van der Waals surface area contributed by atoms with Crippen LogP contribution in [0.2, 0.25) is 5.02 Å². The zero-order chi connectivity index (χ0) is 28.5. The molecule has 1 heterocycles. The smallest absolute Gasteiger partial charge is 0.337 e. The molecule has 1 fully saturated rings. The predicted molar refractivity (Wildman–Crippen MR) is 150 cm³/mol. The summed E-state index contributed by atoms with van der Waals surface area (Å²) in [5.74, 6) is -2.28. The van der Waals surface area contributed by atoms with Gasteiger partial charge in [0.25, 0.3) is 11.7 Å². The summed E-state index contributed by atoms with van der Waals surface area (Å²) >= 11 is 6.23. The molecular formula is C31H30ClNO6. The van der Waals surface area contributed by atoms with Gasteiger partial charge >= 0.3 is 5.97 Å². The molecule has 4 rings (SSSR count). The number of aliphatic hydroxyl groups excluding tert-OH is 1. The van der Waals surface area contributed by atoms with Gasteiger partial charge in [0.05, 0.1) is 35.9 Å². The van der Waals surface area contributed by atoms with Gasteiger partial charge in [-0.25, -0.2) is 4.79 Å². The number of carbonyl (C=O) groups excluding carboxylic acids is 3. The van der Waals surface area contributed by atoms with E-state index in [1.165, 1.54) is 24.1 Å². The molecule has 0 aliphatic carbocycles. The van der Waals surface area contributed by atoms with E-state index in [4.69, 9.17) is 21.1 Å². The molecule has 7 nitrogen and oxygen atoms in total. The Labute approximate surface area is 232 Å². The number of methoxy groups -OCH3 is 1. The van der Waals surface area contributed by atoms with Crippen molar-refractivity contribution in [1.29, 1.82) is 0 Å². The number of nitrogens with zero attached hydrogens (tertiary/aromatic N) is 1. The fourth-order valence-corrected chi connectivity index (χ4v) is 4.72. The van der Waals surface area contributed by atoms with Crippen molar-refractivity contribution in [2.75, 3.05) is 18.6 Å². The number of hydrogen-bond donors (Lipinski definition) is 1. The molecular weight excluding hydrogens is 518 g/mol. The second kappa shape index (κ2) is 10.9. The van der Waals surface area contributed by atoms with Crippen LogP contribution in [0.15, 0.2) is 72.3 Å². The van der Waals surface area contributed by atoms with Crippen LogP contribution in [0.3, 0.4) is 0 Å². The lowest BCUT2D eigenvalue weighted by Crippen LogP contribution is -2.29. The maximum Gasteiger partial charge on any atom is 0.337 e. The van der Waals surface area contributed by atoms with Gasteiger partial charge in [-0.15, -0.1) is 0 Å². The van der Waals surface area contributed by atoms with Gasteiger partial charge in [-0.1, -0.05) is 62.7 Å². The highest BCUT2D eigenvalue weighted by Crippen LogP contribution is 2.43. The van der Waals surface area contributed by atoms with E-state index in [2.05, 4.69) is 20.8 Å². The van der Waals surface area contributed by atoms with Crippen molar-refractivity contribution >= 4 is 40.7 Å². The van der Waals surface area contributed by atoms with E-state index in [-0.39, 0.29) is 27.9 Å². The number of halogens is 1. The van der Waals surface area contributed by atoms with Crippen LogP contribution >= 0.6 is 11.6 Å². The fraction of sp³-hybridized carbons (Fsp3) is 0.258. The van der Waals surface area contributed by atoms with Crippen LogP contribution in [0.1, 0.15) is 60.8 Å². The Hall–Kier alpha value is -4.10. The third kappa shape index (κ3) is 5.40. The molecule has 0 radical (unpaired) electrons. The van der Waals surface area contributed by atoms with Gasteiger partial charge in [-0.2, -0.15) is 0 Å². The number of esters is 1. The van der Waals surface area contributed by atoms with Crippen molar-refractivity contribution in [3.05, 3.63) is 99.6 Å². The Bertz CT molecular complexity index is 1470. The molecule has 39 heavy (non-hydrogen) atoms. The monoisotopic (exact) mass is 547 g/mol. The second-order valence-corrected chi connectivity index (χ2v) is 10.6. The SMILES string of the molecule is CCOc1cc(/C(O)=C2\C(=O)C(=O)N(c3cccc(C(=O)OC)c3)C2c2ccc(C(C)(C)C)cc2)ccc1Cl. The van der Waals surface area contributed by atoms with Crippen LogP contribution < -0.4 is 9.64 Å². The van der Waals surface area contributed by atoms with E-state index >= 15 is 0 Å². The van der Waals surface area contributed by atoms with E-state index in [1.807, 2.05) is 24.3 Å². The van der Waals surface area contributed by atoms with Gasteiger partial charge in [-0.3, -0.25) is 14.5 Å². The first-order valence-electron chi connectivity index (χ1n) is 12.5. The van der Waals surface area contributed by atoms with Crippen LogP contribution in [0.5, 0.6) is 5.75 Å². The van der Waals surface area contributed by atoms with Crippen LogP contribution in [-0.4, -0.2) is 36.5 Å². The number of hydrogen-bond acceptors (Lipinski definition) is 6. The van der Waals surface area contributed by atoms with E-state index in [0.717, 1.165) is 5.56 Å². The van der Waals surface area contributed by atoms with Crippen LogP contribution in [-0.2, 0) is 19.7 Å². The zero-order valence-corrected chi connectivity index (χ0v) is 23.2. The van der Waals surface area contributed by atoms with E-state index in [0.29, 0.717) is 28.6 Å². The normalized spacial score (nSPS) is 16.9. The minimum absolute atomic E-state index is 0.0863. The minimum Gasteiger partial charge on any atom is -0.507 e. The highest BCUT2D eigenvalue weighted by Gasteiger charge is 2.47. The Balaban J connectivity index is 1.94. The summed E-state index contributed by atoms with van der Waals surface area (Å²) < 4.78 is 10.4. The molecule has 1 N–H and O–H groups in total. The number of anilines is 1. The highest BCUT2D eigenvalue weighted by molar-refractivity contribution is 6.51. The number of ketones is 1. The maximum atomic E-state index is 13.5. The number of carbonyl (C=O) groups is 3. The van der Waals surface area contributed by atoms with E-state index in [1.54, 1.807) is 37.3 Å². The fourth-order valence-electron chi connectivity index (χ4n) is 4.55. The first-order valence-corrected chi connectivity index (χ1v) is 12.9. The van der Waals surface area contributed by atoms with Crippen LogP contribution in [0, 0.1) is 0 Å². The van der Waals surface area contributed by atoms with Gasteiger partial charge in [0.15, 0.2) is 0 Å². The standard InChI is InChI=1S/C31H30ClNO6/c1-6-39-24-17-19(12-15-23(24)32)27(34)25-26(18-10-13-21(14-11-18)31(2,3)4)33(29(36)28(25)35)22-9-7-8-20(16-22)30(37)38-5/h7-17,26,34H,6H2,1-5H3/b27-25+. The summed E-state index contributed by atoms with van der Waals surface area (Å²) in [6.45, 7) is 8.41. The molecule has 1 saturated heterocycles. The quantitative estimate of drug-likeness (QED) is 0.165. The molecule has 0 bridgehead atoms. The lowest BCUT2D eigenvalue weighted by Gasteiger charge is -2.27. The average molecular weight is 548 g/mol. The summed E-state index contributed by atoms with van der Waals surface area (Å²) in [7, 11) is 1.26. The summed E-state index contributed by atoms with van der Waals surface area (Å²) in [5, 5.41) is 11.8. The number of aliphatic hydroxyl groups is 1. The summed E-state index contributed by atoms with van der Waals surface area (Å²) in [6.07, 6.45) is 0. The first kappa shape index (κ1) is 27.9. The molecule has 0 aromatic heterocycles. The van der Waals surface area contributed by atoms with E-state index < -0.39 is 23.7 Å². The summed E-state index contributed by atoms with van der Waals surface area (Å²) in [4.78, 5) is 40.5. The lowest BCUT2D eigenvalue weighted by molar-refractivity contribution is -0.132. The van der Waals surface area contributed by atoms with Gasteiger partial charge in [0, 0.05) is 11.3 Å². The third-order valence-electron chi connectivity index (χ3n) is 6.59. The van der Waals surface area contributed by atoms with Gasteiger partial charge in [0.2, 0.25) is 0 Å². The number of ether oxygens (including phenoxy) is 2. The minimum atomic E-state index is -0.960. The summed E-state index contributed by atoms with van der Waals surface area (Å²) in [5.41, 5.74) is 2.29. The van der Waals surface area contributed by atoms with Gasteiger partial charge in [0.1, 0.15) is 11.5 Å². The molecule has 1 aliphatic rings. The molecule has 0 saturated carbocycles. The van der Waals surface area contributed by atoms with Crippen molar-refractivity contribution in [2.24, 2.45) is 0 Å². The van der Waals surface area contributed by atoms with Crippen LogP contribution in [0.4, 0.5) is 5.69 Å². The molecule has 8 heteroatoms.